The van der Waals surface area contributed by atoms with Gasteiger partial charge < -0.3 is 4.42 Å². The second kappa shape index (κ2) is 11.5. The highest BCUT2D eigenvalue weighted by Crippen LogP contribution is 2.53. The Balaban J connectivity index is 1.04. The van der Waals surface area contributed by atoms with Crippen molar-refractivity contribution in [3.05, 3.63) is 193 Å². The highest BCUT2D eigenvalue weighted by Gasteiger charge is 2.37. The standard InChI is InChI=1S/C55H36O/c1-55(2)48-29-25-35(32-47(48)45-27-26-43-44(54(45)55)28-30-50-53(43)46-22-9-10-24-49(46)56-50)34-15-11-16-36(31-34)51-39-18-5-7-20-41(39)52(42-21-8-6-19-40(42)51)38-23-12-14-33-13-3-4-17-37(33)38/h3-32H,1-2H3. The smallest absolute Gasteiger partial charge is 0.136 e. The third-order valence-corrected chi connectivity index (χ3v) is 12.6. The largest absolute Gasteiger partial charge is 0.456 e. The molecule has 0 saturated carbocycles. The molecule has 0 N–H and O–H groups in total. The molecule has 1 aromatic heterocycles. The first-order chi connectivity index (χ1) is 27.5. The van der Waals surface area contributed by atoms with Crippen molar-refractivity contribution in [3.63, 3.8) is 0 Å². The van der Waals surface area contributed by atoms with E-state index < -0.39 is 0 Å². The summed E-state index contributed by atoms with van der Waals surface area (Å²) in [6.07, 6.45) is 0. The molecular formula is C55H36O. The van der Waals surface area contributed by atoms with Crippen molar-refractivity contribution in [1.29, 1.82) is 0 Å². The van der Waals surface area contributed by atoms with E-state index in [0.29, 0.717) is 0 Å². The fraction of sp³-hybridized carbons (Fsp3) is 0.0545. The van der Waals surface area contributed by atoms with Crippen LogP contribution in [0.15, 0.2) is 186 Å². The van der Waals surface area contributed by atoms with Gasteiger partial charge in [0.2, 0.25) is 0 Å². The highest BCUT2D eigenvalue weighted by atomic mass is 16.3. The minimum Gasteiger partial charge on any atom is -0.456 e. The number of fused-ring (bicyclic) bond motifs is 12. The molecule has 1 heteroatoms. The van der Waals surface area contributed by atoms with E-state index in [1.54, 1.807) is 0 Å². The van der Waals surface area contributed by atoms with Crippen LogP contribution in [0.3, 0.4) is 0 Å². The molecular weight excluding hydrogens is 677 g/mol. The Bertz CT molecular complexity index is 3390. The van der Waals surface area contributed by atoms with Gasteiger partial charge >= 0.3 is 0 Å². The maximum Gasteiger partial charge on any atom is 0.136 e. The van der Waals surface area contributed by atoms with Crippen molar-refractivity contribution in [2.45, 2.75) is 19.3 Å². The summed E-state index contributed by atoms with van der Waals surface area (Å²) >= 11 is 0. The Morgan fingerprint density at radius 1 is 0.357 bits per heavy atom. The summed E-state index contributed by atoms with van der Waals surface area (Å²) in [5.41, 5.74) is 14.7. The highest BCUT2D eigenvalue weighted by molar-refractivity contribution is 6.24. The van der Waals surface area contributed by atoms with Crippen LogP contribution in [0.2, 0.25) is 0 Å². The van der Waals surface area contributed by atoms with E-state index in [-0.39, 0.29) is 5.41 Å². The molecule has 1 aliphatic carbocycles. The van der Waals surface area contributed by atoms with Gasteiger partial charge in [-0.25, -0.2) is 0 Å². The molecule has 1 aliphatic rings. The van der Waals surface area contributed by atoms with Gasteiger partial charge in [-0.1, -0.05) is 172 Å². The molecule has 0 fully saturated rings. The average Bonchev–Trinajstić information content (AvgIpc) is 3.74. The normalized spacial score (nSPS) is 13.3. The number of hydrogen-bond donors (Lipinski definition) is 0. The van der Waals surface area contributed by atoms with Gasteiger partial charge in [0.1, 0.15) is 11.2 Å². The molecule has 12 rings (SSSR count). The molecule has 0 amide bonds. The van der Waals surface area contributed by atoms with Crippen molar-refractivity contribution in [3.8, 4) is 44.5 Å². The van der Waals surface area contributed by atoms with Gasteiger partial charge in [0.05, 0.1) is 0 Å². The number of hydrogen-bond acceptors (Lipinski definition) is 1. The lowest BCUT2D eigenvalue weighted by molar-refractivity contribution is 0.665. The summed E-state index contributed by atoms with van der Waals surface area (Å²) in [7, 11) is 0. The lowest BCUT2D eigenvalue weighted by Crippen LogP contribution is -2.15. The van der Waals surface area contributed by atoms with Crippen LogP contribution in [-0.4, -0.2) is 0 Å². The van der Waals surface area contributed by atoms with Crippen LogP contribution in [0.1, 0.15) is 25.0 Å². The van der Waals surface area contributed by atoms with Gasteiger partial charge in [-0.3, -0.25) is 0 Å². The van der Waals surface area contributed by atoms with Crippen LogP contribution in [-0.2, 0) is 5.41 Å². The Morgan fingerprint density at radius 2 is 0.964 bits per heavy atom. The van der Waals surface area contributed by atoms with Crippen LogP contribution in [0.25, 0.3) is 110 Å². The van der Waals surface area contributed by atoms with Crippen LogP contribution >= 0.6 is 0 Å². The third-order valence-electron chi connectivity index (χ3n) is 12.6. The lowest BCUT2D eigenvalue weighted by atomic mass is 9.79. The summed E-state index contributed by atoms with van der Waals surface area (Å²) in [5.74, 6) is 0. The van der Waals surface area contributed by atoms with E-state index in [2.05, 4.69) is 190 Å². The first-order valence-corrected chi connectivity index (χ1v) is 19.6. The molecule has 56 heavy (non-hydrogen) atoms. The van der Waals surface area contributed by atoms with E-state index in [0.717, 1.165) is 11.2 Å². The number of furan rings is 1. The van der Waals surface area contributed by atoms with Crippen LogP contribution in [0.5, 0.6) is 0 Å². The van der Waals surface area contributed by atoms with Crippen molar-refractivity contribution in [1.82, 2.24) is 0 Å². The fourth-order valence-electron chi connectivity index (χ4n) is 10.2. The first kappa shape index (κ1) is 31.4. The lowest BCUT2D eigenvalue weighted by Gasteiger charge is -2.23. The van der Waals surface area contributed by atoms with Gasteiger partial charge in [-0.05, 0) is 123 Å². The van der Waals surface area contributed by atoms with E-state index >= 15 is 0 Å². The number of para-hydroxylation sites is 1. The predicted molar refractivity (Wildman–Crippen MR) is 238 cm³/mol. The van der Waals surface area contributed by atoms with Gasteiger partial charge in [0.25, 0.3) is 0 Å². The van der Waals surface area contributed by atoms with E-state index in [1.807, 2.05) is 6.07 Å². The molecule has 0 unspecified atom stereocenters. The van der Waals surface area contributed by atoms with Gasteiger partial charge in [-0.15, -0.1) is 0 Å². The zero-order valence-corrected chi connectivity index (χ0v) is 31.2. The number of benzene rings is 10. The molecule has 0 aliphatic heterocycles. The minimum absolute atomic E-state index is 0.151. The minimum atomic E-state index is -0.151. The van der Waals surface area contributed by atoms with Gasteiger partial charge in [-0.2, -0.15) is 0 Å². The third kappa shape index (κ3) is 4.31. The molecule has 11 aromatic rings. The Hall–Kier alpha value is -6.96. The van der Waals surface area contributed by atoms with E-state index in [9.17, 15) is 0 Å². The van der Waals surface area contributed by atoms with Crippen molar-refractivity contribution >= 4 is 65.0 Å². The average molecular weight is 713 g/mol. The quantitative estimate of drug-likeness (QED) is 0.166. The Labute approximate surface area is 325 Å². The summed E-state index contributed by atoms with van der Waals surface area (Å²) < 4.78 is 6.29. The van der Waals surface area contributed by atoms with Crippen molar-refractivity contribution in [2.24, 2.45) is 0 Å². The molecule has 0 radical (unpaired) electrons. The molecule has 262 valence electrons. The van der Waals surface area contributed by atoms with E-state index in [4.69, 9.17) is 4.42 Å². The number of rotatable bonds is 3. The van der Waals surface area contributed by atoms with E-state index in [1.165, 1.54) is 109 Å². The molecule has 0 atom stereocenters. The van der Waals surface area contributed by atoms with Crippen LogP contribution in [0.4, 0.5) is 0 Å². The summed E-state index contributed by atoms with van der Waals surface area (Å²) in [6, 6.07) is 67.2. The predicted octanol–water partition coefficient (Wildman–Crippen LogP) is 15.5. The Morgan fingerprint density at radius 3 is 1.75 bits per heavy atom. The second-order valence-electron chi connectivity index (χ2n) is 16.0. The molecule has 1 heterocycles. The Kier molecular flexibility index (Phi) is 6.46. The molecule has 0 bridgehead atoms. The zero-order chi connectivity index (χ0) is 37.1. The molecule has 10 aromatic carbocycles. The molecule has 0 saturated heterocycles. The van der Waals surface area contributed by atoms with Gasteiger partial charge in [0, 0.05) is 16.2 Å². The summed E-state index contributed by atoms with van der Waals surface area (Å²) in [5, 5.41) is 12.5. The SMILES string of the molecule is CC1(C)c2ccc(-c3cccc(-c4c5ccccc5c(-c5cccc6ccccc56)c5ccccc45)c3)cc2-c2ccc3c(ccc4oc5ccccc5c43)c21. The van der Waals surface area contributed by atoms with Crippen molar-refractivity contribution < 1.29 is 4.42 Å². The monoisotopic (exact) mass is 712 g/mol. The topological polar surface area (TPSA) is 13.1 Å². The molecule has 1 nitrogen and oxygen atoms in total. The maximum absolute atomic E-state index is 6.29. The second-order valence-corrected chi connectivity index (χ2v) is 16.0. The fourth-order valence-corrected chi connectivity index (χ4v) is 10.2. The van der Waals surface area contributed by atoms with Crippen molar-refractivity contribution in [2.75, 3.05) is 0 Å². The van der Waals surface area contributed by atoms with Crippen LogP contribution < -0.4 is 0 Å². The molecule has 0 spiro atoms. The summed E-state index contributed by atoms with van der Waals surface area (Å²) in [4.78, 5) is 0. The zero-order valence-electron chi connectivity index (χ0n) is 31.2. The first-order valence-electron chi connectivity index (χ1n) is 19.6. The summed E-state index contributed by atoms with van der Waals surface area (Å²) in [6.45, 7) is 4.76. The van der Waals surface area contributed by atoms with Crippen LogP contribution in [0, 0.1) is 0 Å². The maximum atomic E-state index is 6.29. The van der Waals surface area contributed by atoms with Gasteiger partial charge in [0.15, 0.2) is 0 Å².